The molecular weight excluding hydrogens is 244 g/mol. The van der Waals surface area contributed by atoms with Crippen molar-refractivity contribution in [1.82, 2.24) is 9.97 Å². The van der Waals surface area contributed by atoms with Crippen LogP contribution in [-0.2, 0) is 16.0 Å². The number of nitrogens with zero attached hydrogens (tertiary/aromatic N) is 2. The predicted molar refractivity (Wildman–Crippen MR) is 70.3 cm³/mol. The molecule has 1 saturated heterocycles. The Kier molecular flexibility index (Phi) is 4.47. The summed E-state index contributed by atoms with van der Waals surface area (Å²) in [5, 5.41) is 8.76. The van der Waals surface area contributed by atoms with Gasteiger partial charge in [0.15, 0.2) is 0 Å². The number of aromatic nitrogens is 2. The molecule has 2 rings (SSSR count). The number of aryl methyl sites for hydroxylation is 2. The number of hydrogen-bond donors (Lipinski definition) is 1. The molecule has 1 fully saturated rings. The van der Waals surface area contributed by atoms with E-state index in [2.05, 4.69) is 9.97 Å². The van der Waals surface area contributed by atoms with Gasteiger partial charge in [-0.2, -0.15) is 0 Å². The van der Waals surface area contributed by atoms with Gasteiger partial charge in [0.1, 0.15) is 5.82 Å². The highest BCUT2D eigenvalue weighted by Crippen LogP contribution is 2.25. The van der Waals surface area contributed by atoms with Crippen LogP contribution in [0.1, 0.15) is 48.0 Å². The van der Waals surface area contributed by atoms with Crippen molar-refractivity contribution in [2.45, 2.75) is 45.4 Å². The van der Waals surface area contributed by atoms with Crippen LogP contribution >= 0.6 is 0 Å². The lowest BCUT2D eigenvalue weighted by atomic mass is 9.98. The normalized spacial score (nSPS) is 16.5. The van der Waals surface area contributed by atoms with Gasteiger partial charge < -0.3 is 9.84 Å². The minimum Gasteiger partial charge on any atom is -0.481 e. The quantitative estimate of drug-likeness (QED) is 0.900. The maximum Gasteiger partial charge on any atom is 0.303 e. The first-order chi connectivity index (χ1) is 9.08. The van der Waals surface area contributed by atoms with E-state index in [1.165, 1.54) is 0 Å². The third kappa shape index (κ3) is 3.50. The van der Waals surface area contributed by atoms with Crippen molar-refractivity contribution in [3.05, 3.63) is 22.8 Å². The summed E-state index contributed by atoms with van der Waals surface area (Å²) in [6.45, 7) is 5.42. The SMILES string of the molecule is Cc1nc(C2CCOCC2)nc(C)c1CCC(=O)O. The topological polar surface area (TPSA) is 72.3 Å². The lowest BCUT2D eigenvalue weighted by Crippen LogP contribution is -2.18. The van der Waals surface area contributed by atoms with E-state index in [-0.39, 0.29) is 6.42 Å². The molecule has 1 aliphatic heterocycles. The zero-order valence-corrected chi connectivity index (χ0v) is 11.5. The second kappa shape index (κ2) is 6.10. The minimum absolute atomic E-state index is 0.127. The fourth-order valence-electron chi connectivity index (χ4n) is 2.50. The molecule has 1 N–H and O–H groups in total. The van der Waals surface area contributed by atoms with Crippen LogP contribution in [0, 0.1) is 13.8 Å². The molecule has 1 aliphatic rings. The van der Waals surface area contributed by atoms with Gasteiger partial charge in [0.2, 0.25) is 0 Å². The summed E-state index contributed by atoms with van der Waals surface area (Å²) in [6.07, 6.45) is 2.56. The first-order valence-corrected chi connectivity index (χ1v) is 6.71. The number of ether oxygens (including phenoxy) is 1. The molecule has 104 valence electrons. The summed E-state index contributed by atoms with van der Waals surface area (Å²) >= 11 is 0. The van der Waals surface area contributed by atoms with Crippen LogP contribution in [0.2, 0.25) is 0 Å². The summed E-state index contributed by atoms with van der Waals surface area (Å²) in [7, 11) is 0. The maximum atomic E-state index is 10.7. The van der Waals surface area contributed by atoms with E-state index in [0.29, 0.717) is 12.3 Å². The van der Waals surface area contributed by atoms with Crippen LogP contribution in [0.25, 0.3) is 0 Å². The van der Waals surface area contributed by atoms with Crippen molar-refractivity contribution >= 4 is 5.97 Å². The van der Waals surface area contributed by atoms with E-state index in [1.54, 1.807) is 0 Å². The summed E-state index contributed by atoms with van der Waals surface area (Å²) < 4.78 is 5.35. The van der Waals surface area contributed by atoms with Crippen LogP contribution in [0.15, 0.2) is 0 Å². The molecule has 0 spiro atoms. The van der Waals surface area contributed by atoms with Crippen molar-refractivity contribution in [2.24, 2.45) is 0 Å². The number of hydrogen-bond acceptors (Lipinski definition) is 4. The van der Waals surface area contributed by atoms with Gasteiger partial charge in [-0.05, 0) is 38.7 Å². The second-order valence-corrected chi connectivity index (χ2v) is 5.01. The fraction of sp³-hybridized carbons (Fsp3) is 0.643. The third-order valence-electron chi connectivity index (χ3n) is 3.61. The summed E-state index contributed by atoms with van der Waals surface area (Å²) in [5.41, 5.74) is 2.80. The molecule has 0 amide bonds. The van der Waals surface area contributed by atoms with Crippen LogP contribution in [-0.4, -0.2) is 34.3 Å². The smallest absolute Gasteiger partial charge is 0.303 e. The molecular formula is C14H20N2O3. The Morgan fingerprint density at radius 1 is 1.26 bits per heavy atom. The van der Waals surface area contributed by atoms with Gasteiger partial charge >= 0.3 is 5.97 Å². The standard InChI is InChI=1S/C14H20N2O3/c1-9-12(3-4-13(17)18)10(2)16-14(15-9)11-5-7-19-8-6-11/h11H,3-8H2,1-2H3,(H,17,18). The molecule has 0 atom stereocenters. The monoisotopic (exact) mass is 264 g/mol. The Labute approximate surface area is 113 Å². The largest absolute Gasteiger partial charge is 0.481 e. The Morgan fingerprint density at radius 2 is 1.84 bits per heavy atom. The highest BCUT2D eigenvalue weighted by Gasteiger charge is 2.20. The first kappa shape index (κ1) is 13.9. The van der Waals surface area contributed by atoms with Crippen LogP contribution in [0.3, 0.4) is 0 Å². The van der Waals surface area contributed by atoms with Gasteiger partial charge in [-0.25, -0.2) is 9.97 Å². The fourth-order valence-corrected chi connectivity index (χ4v) is 2.50. The van der Waals surface area contributed by atoms with Gasteiger partial charge in [0.25, 0.3) is 0 Å². The summed E-state index contributed by atoms with van der Waals surface area (Å²) in [6, 6.07) is 0. The Hall–Kier alpha value is -1.49. The zero-order chi connectivity index (χ0) is 13.8. The number of carbonyl (C=O) groups is 1. The van der Waals surface area contributed by atoms with Crippen LogP contribution in [0.5, 0.6) is 0 Å². The average molecular weight is 264 g/mol. The van der Waals surface area contributed by atoms with Gasteiger partial charge in [-0.15, -0.1) is 0 Å². The van der Waals surface area contributed by atoms with Gasteiger partial charge in [0, 0.05) is 36.9 Å². The molecule has 0 aliphatic carbocycles. The lowest BCUT2D eigenvalue weighted by Gasteiger charge is -2.22. The third-order valence-corrected chi connectivity index (χ3v) is 3.61. The Bertz CT molecular complexity index is 445. The van der Waals surface area contributed by atoms with Gasteiger partial charge in [-0.3, -0.25) is 4.79 Å². The second-order valence-electron chi connectivity index (χ2n) is 5.01. The molecule has 1 aromatic heterocycles. The van der Waals surface area contributed by atoms with Gasteiger partial charge in [-0.1, -0.05) is 0 Å². The molecule has 1 aromatic rings. The summed E-state index contributed by atoms with van der Waals surface area (Å²) in [5.74, 6) is 0.476. The van der Waals surface area contributed by atoms with E-state index >= 15 is 0 Å². The number of carboxylic acid groups (broad SMARTS) is 1. The minimum atomic E-state index is -0.785. The van der Waals surface area contributed by atoms with E-state index < -0.39 is 5.97 Å². The predicted octanol–water partition coefficient (Wildman–Crippen LogP) is 2.00. The average Bonchev–Trinajstić information content (AvgIpc) is 2.38. The first-order valence-electron chi connectivity index (χ1n) is 6.71. The van der Waals surface area contributed by atoms with Crippen LogP contribution in [0.4, 0.5) is 0 Å². The highest BCUT2D eigenvalue weighted by molar-refractivity contribution is 5.67. The molecule has 0 bridgehead atoms. The van der Waals surface area contributed by atoms with E-state index in [4.69, 9.17) is 9.84 Å². The molecule has 0 aromatic carbocycles. The Morgan fingerprint density at radius 3 is 2.37 bits per heavy atom. The van der Waals surface area contributed by atoms with E-state index in [1.807, 2.05) is 13.8 Å². The number of rotatable bonds is 4. The molecule has 19 heavy (non-hydrogen) atoms. The summed E-state index contributed by atoms with van der Waals surface area (Å²) in [4.78, 5) is 19.8. The maximum absolute atomic E-state index is 10.7. The van der Waals surface area contributed by atoms with Crippen molar-refractivity contribution in [3.8, 4) is 0 Å². The number of aliphatic carboxylic acids is 1. The molecule has 0 saturated carbocycles. The van der Waals surface area contributed by atoms with Crippen molar-refractivity contribution < 1.29 is 14.6 Å². The number of carboxylic acids is 1. The molecule has 0 radical (unpaired) electrons. The molecule has 5 nitrogen and oxygen atoms in total. The molecule has 0 unspecified atom stereocenters. The lowest BCUT2D eigenvalue weighted by molar-refractivity contribution is -0.136. The molecule has 5 heteroatoms. The van der Waals surface area contributed by atoms with Gasteiger partial charge in [0.05, 0.1) is 0 Å². The Balaban J connectivity index is 2.18. The molecule has 2 heterocycles. The van der Waals surface area contributed by atoms with E-state index in [9.17, 15) is 4.79 Å². The van der Waals surface area contributed by atoms with Crippen molar-refractivity contribution in [2.75, 3.05) is 13.2 Å². The zero-order valence-electron chi connectivity index (χ0n) is 11.5. The van der Waals surface area contributed by atoms with E-state index in [0.717, 1.165) is 48.8 Å². The van der Waals surface area contributed by atoms with Crippen molar-refractivity contribution in [3.63, 3.8) is 0 Å². The van der Waals surface area contributed by atoms with Crippen LogP contribution < -0.4 is 0 Å². The van der Waals surface area contributed by atoms with Crippen molar-refractivity contribution in [1.29, 1.82) is 0 Å². The highest BCUT2D eigenvalue weighted by atomic mass is 16.5.